The van der Waals surface area contributed by atoms with Gasteiger partial charge in [0.2, 0.25) is 0 Å². The van der Waals surface area contributed by atoms with Crippen molar-refractivity contribution in [2.24, 2.45) is 0 Å². The lowest BCUT2D eigenvalue weighted by Crippen LogP contribution is -2.28. The van der Waals surface area contributed by atoms with Gasteiger partial charge in [0.25, 0.3) is 0 Å². The van der Waals surface area contributed by atoms with E-state index in [0.29, 0.717) is 16.4 Å². The second-order valence-electron chi connectivity index (χ2n) is 3.56. The number of nitrogens with one attached hydrogen (secondary N) is 1. The van der Waals surface area contributed by atoms with Gasteiger partial charge < -0.3 is 9.72 Å². The zero-order chi connectivity index (χ0) is 12.5. The molecular formula is C10H9ClF3N3. The number of pyridine rings is 1. The van der Waals surface area contributed by atoms with Crippen LogP contribution >= 0.6 is 11.6 Å². The molecule has 7 heteroatoms. The van der Waals surface area contributed by atoms with Crippen LogP contribution < -0.4 is 5.32 Å². The Morgan fingerprint density at radius 1 is 1.29 bits per heavy atom. The Morgan fingerprint density at radius 3 is 2.76 bits per heavy atom. The first-order chi connectivity index (χ1) is 7.94. The second-order valence-corrected chi connectivity index (χ2v) is 4.00. The molecule has 92 valence electrons. The molecule has 2 rings (SSSR count). The first kappa shape index (κ1) is 12.2. The molecule has 0 saturated carbocycles. The van der Waals surface area contributed by atoms with E-state index in [9.17, 15) is 13.2 Å². The molecule has 0 aliphatic heterocycles. The van der Waals surface area contributed by atoms with E-state index >= 15 is 0 Å². The molecule has 2 heterocycles. The summed E-state index contributed by atoms with van der Waals surface area (Å²) in [5.41, 5.74) is 1.19. The van der Waals surface area contributed by atoms with E-state index in [0.717, 1.165) is 0 Å². The summed E-state index contributed by atoms with van der Waals surface area (Å²) in [6.45, 7) is -0.958. The predicted octanol–water partition coefficient (Wildman–Crippen LogP) is 2.64. The van der Waals surface area contributed by atoms with Crippen LogP contribution in [0, 0.1) is 0 Å². The Labute approximate surface area is 100 Å². The van der Waals surface area contributed by atoms with Gasteiger partial charge in [-0.2, -0.15) is 13.2 Å². The Balaban J connectivity index is 2.05. The highest BCUT2D eigenvalue weighted by atomic mass is 35.5. The highest BCUT2D eigenvalue weighted by molar-refractivity contribution is 6.30. The summed E-state index contributed by atoms with van der Waals surface area (Å²) in [5.74, 6) is 0. The fourth-order valence-electron chi connectivity index (χ4n) is 1.43. The van der Waals surface area contributed by atoms with Gasteiger partial charge in [-0.1, -0.05) is 11.6 Å². The summed E-state index contributed by atoms with van der Waals surface area (Å²) in [6.07, 6.45) is -0.912. The Bertz CT molecular complexity index is 521. The van der Waals surface area contributed by atoms with Gasteiger partial charge in [-0.15, -0.1) is 0 Å². The molecule has 0 aromatic carbocycles. The molecule has 0 radical (unpaired) electrons. The van der Waals surface area contributed by atoms with E-state index in [1.807, 2.05) is 0 Å². The molecular weight excluding hydrogens is 255 g/mol. The zero-order valence-electron chi connectivity index (χ0n) is 8.63. The molecule has 0 aliphatic carbocycles. The maximum Gasteiger partial charge on any atom is 0.401 e. The fourth-order valence-corrected chi connectivity index (χ4v) is 1.60. The van der Waals surface area contributed by atoms with E-state index < -0.39 is 12.7 Å². The molecule has 1 N–H and O–H groups in total. The van der Waals surface area contributed by atoms with Crippen molar-refractivity contribution in [3.63, 3.8) is 0 Å². The number of rotatable bonds is 3. The van der Waals surface area contributed by atoms with E-state index in [1.165, 1.54) is 0 Å². The Morgan fingerprint density at radius 2 is 2.06 bits per heavy atom. The molecule has 0 saturated heterocycles. The van der Waals surface area contributed by atoms with Crippen LogP contribution in [0.2, 0.25) is 5.02 Å². The third-order valence-corrected chi connectivity index (χ3v) is 2.32. The molecule has 3 nitrogen and oxygen atoms in total. The minimum atomic E-state index is -4.21. The van der Waals surface area contributed by atoms with Crippen LogP contribution in [0.25, 0.3) is 5.65 Å². The Kier molecular flexibility index (Phi) is 3.26. The number of aromatic nitrogens is 2. The lowest BCUT2D eigenvalue weighted by molar-refractivity contribution is -0.125. The largest absolute Gasteiger partial charge is 0.401 e. The summed E-state index contributed by atoms with van der Waals surface area (Å²) >= 11 is 5.78. The summed E-state index contributed by atoms with van der Waals surface area (Å²) in [6, 6.07) is 3.38. The van der Waals surface area contributed by atoms with Crippen LogP contribution in [-0.2, 0) is 6.54 Å². The van der Waals surface area contributed by atoms with Crippen LogP contribution in [-0.4, -0.2) is 22.1 Å². The zero-order valence-corrected chi connectivity index (χ0v) is 9.39. The van der Waals surface area contributed by atoms with Crippen molar-refractivity contribution >= 4 is 17.2 Å². The Hall–Kier alpha value is -1.27. The van der Waals surface area contributed by atoms with E-state index in [4.69, 9.17) is 11.6 Å². The van der Waals surface area contributed by atoms with Gasteiger partial charge in [0, 0.05) is 18.9 Å². The van der Waals surface area contributed by atoms with Crippen molar-refractivity contribution in [3.05, 3.63) is 35.2 Å². The topological polar surface area (TPSA) is 29.3 Å². The lowest BCUT2D eigenvalue weighted by atomic mass is 10.4. The molecule has 0 atom stereocenters. The number of alkyl halides is 3. The molecule has 2 aromatic heterocycles. The summed E-state index contributed by atoms with van der Waals surface area (Å²) in [4.78, 5) is 4.15. The first-order valence-corrected chi connectivity index (χ1v) is 5.22. The minimum absolute atomic E-state index is 0.0683. The molecule has 0 spiro atoms. The predicted molar refractivity (Wildman–Crippen MR) is 58.0 cm³/mol. The van der Waals surface area contributed by atoms with Gasteiger partial charge in [-0.25, -0.2) is 4.98 Å². The van der Waals surface area contributed by atoms with Gasteiger partial charge >= 0.3 is 6.18 Å². The molecule has 0 amide bonds. The minimum Gasteiger partial charge on any atom is -0.305 e. The average molecular weight is 264 g/mol. The van der Waals surface area contributed by atoms with E-state index in [-0.39, 0.29) is 6.54 Å². The average Bonchev–Trinajstić information content (AvgIpc) is 2.57. The van der Waals surface area contributed by atoms with Gasteiger partial charge in [0.05, 0.1) is 17.3 Å². The SMILES string of the molecule is FC(F)(F)CNCc1cn2cc(Cl)ccc2n1. The van der Waals surface area contributed by atoms with Gasteiger partial charge in [-0.05, 0) is 12.1 Å². The number of fused-ring (bicyclic) bond motifs is 1. The number of hydrogen-bond donors (Lipinski definition) is 1. The van der Waals surface area contributed by atoms with E-state index in [2.05, 4.69) is 10.3 Å². The standard InChI is InChI=1S/C10H9ClF3N3/c11-7-1-2-9-16-8(5-17(9)4-7)3-15-6-10(12,13)14/h1-2,4-5,15H,3,6H2. The van der Waals surface area contributed by atoms with Crippen LogP contribution in [0.5, 0.6) is 0 Å². The van der Waals surface area contributed by atoms with Crippen LogP contribution in [0.3, 0.4) is 0 Å². The molecule has 2 aromatic rings. The summed E-state index contributed by atoms with van der Waals surface area (Å²) in [7, 11) is 0. The number of imidazole rings is 1. The van der Waals surface area contributed by atoms with Crippen molar-refractivity contribution in [2.45, 2.75) is 12.7 Å². The van der Waals surface area contributed by atoms with Crippen molar-refractivity contribution in [1.29, 1.82) is 0 Å². The van der Waals surface area contributed by atoms with Crippen molar-refractivity contribution < 1.29 is 13.2 Å². The molecule has 0 bridgehead atoms. The van der Waals surface area contributed by atoms with Crippen LogP contribution in [0.15, 0.2) is 24.5 Å². The molecule has 0 unspecified atom stereocenters. The number of hydrogen-bond acceptors (Lipinski definition) is 2. The quantitative estimate of drug-likeness (QED) is 0.922. The van der Waals surface area contributed by atoms with Crippen molar-refractivity contribution in [3.8, 4) is 0 Å². The molecule has 17 heavy (non-hydrogen) atoms. The van der Waals surface area contributed by atoms with Crippen LogP contribution in [0.4, 0.5) is 13.2 Å². The monoisotopic (exact) mass is 263 g/mol. The summed E-state index contributed by atoms with van der Waals surface area (Å²) < 4.78 is 37.4. The third kappa shape index (κ3) is 3.34. The van der Waals surface area contributed by atoms with Gasteiger partial charge in [0.15, 0.2) is 0 Å². The van der Waals surface area contributed by atoms with Gasteiger partial charge in [-0.3, -0.25) is 0 Å². The number of halogens is 4. The summed E-state index contributed by atoms with van der Waals surface area (Å²) in [5, 5.41) is 2.83. The van der Waals surface area contributed by atoms with Crippen molar-refractivity contribution in [2.75, 3.05) is 6.54 Å². The van der Waals surface area contributed by atoms with E-state index in [1.54, 1.807) is 28.9 Å². The van der Waals surface area contributed by atoms with Gasteiger partial charge in [0.1, 0.15) is 5.65 Å². The maximum absolute atomic E-state index is 11.9. The second kappa shape index (κ2) is 4.54. The normalized spacial score (nSPS) is 12.2. The van der Waals surface area contributed by atoms with Crippen molar-refractivity contribution in [1.82, 2.24) is 14.7 Å². The lowest BCUT2D eigenvalue weighted by Gasteiger charge is -2.05. The highest BCUT2D eigenvalue weighted by Crippen LogP contribution is 2.14. The van der Waals surface area contributed by atoms with Crippen LogP contribution in [0.1, 0.15) is 5.69 Å². The molecule has 0 fully saturated rings. The first-order valence-electron chi connectivity index (χ1n) is 4.85. The number of nitrogens with zero attached hydrogens (tertiary/aromatic N) is 2. The molecule has 0 aliphatic rings. The highest BCUT2D eigenvalue weighted by Gasteiger charge is 2.26. The smallest absolute Gasteiger partial charge is 0.305 e. The maximum atomic E-state index is 11.9. The third-order valence-electron chi connectivity index (χ3n) is 2.10. The fraction of sp³-hybridized carbons (Fsp3) is 0.300.